The molecule has 1 aromatic carbocycles. The minimum Gasteiger partial charge on any atom is -0.376 e. The Kier molecular flexibility index (Phi) is 7.16. The van der Waals surface area contributed by atoms with Crippen molar-refractivity contribution in [2.24, 2.45) is 5.92 Å². The average molecular weight is 406 g/mol. The van der Waals surface area contributed by atoms with Gasteiger partial charge in [-0.25, -0.2) is 4.39 Å². The smallest absolute Gasteiger partial charge is 0.223 e. The molecule has 5 nitrogen and oxygen atoms in total. The first-order chi connectivity index (χ1) is 14.2. The number of halogens is 1. The molecule has 0 bridgehead atoms. The second-order valence-electron chi connectivity index (χ2n) is 9.11. The zero-order valence-electron chi connectivity index (χ0n) is 17.4. The molecular weight excluding hydrogens is 369 g/mol. The van der Waals surface area contributed by atoms with E-state index in [4.69, 9.17) is 4.74 Å². The van der Waals surface area contributed by atoms with Crippen LogP contribution < -0.4 is 15.1 Å². The lowest BCUT2D eigenvalue weighted by molar-refractivity contribution is -0.966. The van der Waals surface area contributed by atoms with Gasteiger partial charge in [-0.3, -0.25) is 4.79 Å². The van der Waals surface area contributed by atoms with Crippen LogP contribution in [0, 0.1) is 11.7 Å². The largest absolute Gasteiger partial charge is 0.376 e. The number of piperidine rings is 2. The van der Waals surface area contributed by atoms with Crippen LogP contribution in [0.4, 0.5) is 4.39 Å². The van der Waals surface area contributed by atoms with Crippen LogP contribution in [0.15, 0.2) is 24.3 Å². The van der Waals surface area contributed by atoms with Crippen LogP contribution >= 0.6 is 0 Å². The van der Waals surface area contributed by atoms with Gasteiger partial charge in [0.25, 0.3) is 0 Å². The molecule has 0 aliphatic carbocycles. The van der Waals surface area contributed by atoms with Gasteiger partial charge in [-0.2, -0.15) is 0 Å². The second-order valence-corrected chi connectivity index (χ2v) is 9.11. The highest BCUT2D eigenvalue weighted by atomic mass is 19.1. The highest BCUT2D eigenvalue weighted by Gasteiger charge is 2.35. The van der Waals surface area contributed by atoms with Gasteiger partial charge in [-0.05, 0) is 18.9 Å². The molecule has 6 heteroatoms. The maximum absolute atomic E-state index is 13.9. The number of ether oxygens (including phenoxy) is 1. The zero-order chi connectivity index (χ0) is 20.1. The quantitative estimate of drug-likeness (QED) is 0.622. The average Bonchev–Trinajstić information content (AvgIpc) is 3.28. The van der Waals surface area contributed by atoms with Gasteiger partial charge in [0.2, 0.25) is 5.91 Å². The molecule has 3 aliphatic rings. The predicted octanol–water partition coefficient (Wildman–Crippen LogP) is -0.0369. The Morgan fingerprint density at radius 2 is 1.83 bits per heavy atom. The normalized spacial score (nSPS) is 32.8. The lowest BCUT2D eigenvalue weighted by Gasteiger charge is -2.37. The molecule has 0 aromatic heterocycles. The molecular formula is C23H36FN3O2+2. The van der Waals surface area contributed by atoms with E-state index in [1.54, 1.807) is 17.0 Å². The molecule has 4 rings (SSSR count). The summed E-state index contributed by atoms with van der Waals surface area (Å²) in [5.74, 6) is 0.322. The fourth-order valence-electron chi connectivity index (χ4n) is 5.35. The van der Waals surface area contributed by atoms with Crippen molar-refractivity contribution in [2.75, 3.05) is 39.3 Å². The number of likely N-dealkylation sites (tertiary alicyclic amines) is 2. The van der Waals surface area contributed by atoms with Gasteiger partial charge in [-0.15, -0.1) is 0 Å². The van der Waals surface area contributed by atoms with Crippen molar-refractivity contribution in [3.63, 3.8) is 0 Å². The second kappa shape index (κ2) is 10.0. The van der Waals surface area contributed by atoms with Gasteiger partial charge in [0.05, 0.1) is 38.3 Å². The highest BCUT2D eigenvalue weighted by Crippen LogP contribution is 2.14. The fourth-order valence-corrected chi connectivity index (χ4v) is 5.35. The summed E-state index contributed by atoms with van der Waals surface area (Å²) in [4.78, 5) is 15.6. The van der Waals surface area contributed by atoms with Gasteiger partial charge in [0.15, 0.2) is 0 Å². The number of quaternary nitrogens is 2. The monoisotopic (exact) mass is 405 g/mol. The van der Waals surface area contributed by atoms with E-state index in [1.165, 1.54) is 17.7 Å². The van der Waals surface area contributed by atoms with Crippen LogP contribution in [0.25, 0.3) is 0 Å². The first-order valence-corrected chi connectivity index (χ1v) is 11.5. The standard InChI is InChI=1S/C23H34FN3O2/c24-22-6-2-1-4-19(22)17-26-11-9-20(10-12-26)27-13-7-18(8-14-27)23(28)25-16-21-5-3-15-29-21/h1-2,4,6,18,20-21H,3,5,7-17H2,(H,25,28)/p+2. The SMILES string of the molecule is O=C(NCC1CCCO1)C1CC[NH+](C2CC[NH+](Cc3ccccc3F)CC2)CC1. The number of benzene rings is 1. The van der Waals surface area contributed by atoms with E-state index in [-0.39, 0.29) is 23.7 Å². The molecule has 0 saturated carbocycles. The van der Waals surface area contributed by atoms with Crippen molar-refractivity contribution >= 4 is 5.91 Å². The molecule has 0 radical (unpaired) electrons. The van der Waals surface area contributed by atoms with E-state index in [0.717, 1.165) is 70.6 Å². The molecule has 29 heavy (non-hydrogen) atoms. The Bertz CT molecular complexity index is 664. The van der Waals surface area contributed by atoms with Gasteiger partial charge < -0.3 is 19.9 Å². The van der Waals surface area contributed by atoms with E-state index in [9.17, 15) is 9.18 Å². The van der Waals surface area contributed by atoms with Gasteiger partial charge >= 0.3 is 0 Å². The molecule has 3 N–H and O–H groups in total. The molecule has 1 aromatic rings. The number of carbonyl (C=O) groups excluding carboxylic acids is 1. The lowest BCUT2D eigenvalue weighted by Crippen LogP contribution is -3.20. The zero-order valence-corrected chi connectivity index (χ0v) is 17.4. The van der Waals surface area contributed by atoms with Crippen molar-refractivity contribution in [2.45, 2.75) is 57.2 Å². The number of carbonyl (C=O) groups is 1. The topological polar surface area (TPSA) is 47.2 Å². The number of hydrogen-bond acceptors (Lipinski definition) is 2. The number of nitrogens with one attached hydrogen (secondary N) is 3. The third kappa shape index (κ3) is 5.56. The number of amides is 1. The van der Waals surface area contributed by atoms with Crippen LogP contribution in [0.5, 0.6) is 0 Å². The van der Waals surface area contributed by atoms with Gasteiger partial charge in [0.1, 0.15) is 12.4 Å². The van der Waals surface area contributed by atoms with Crippen molar-refractivity contribution in [1.82, 2.24) is 5.32 Å². The summed E-state index contributed by atoms with van der Waals surface area (Å²) in [6, 6.07) is 7.86. The third-order valence-corrected chi connectivity index (χ3v) is 7.19. The first-order valence-electron chi connectivity index (χ1n) is 11.5. The summed E-state index contributed by atoms with van der Waals surface area (Å²) < 4.78 is 19.5. The first kappa shape index (κ1) is 20.8. The summed E-state index contributed by atoms with van der Waals surface area (Å²) in [7, 11) is 0. The van der Waals surface area contributed by atoms with Crippen LogP contribution in [-0.2, 0) is 16.1 Å². The van der Waals surface area contributed by atoms with Crippen LogP contribution in [-0.4, -0.2) is 57.4 Å². The molecule has 3 saturated heterocycles. The molecule has 1 atom stereocenters. The minimum atomic E-state index is -0.0763. The molecule has 0 spiro atoms. The number of rotatable bonds is 6. The number of hydrogen-bond donors (Lipinski definition) is 3. The Morgan fingerprint density at radius 1 is 1.07 bits per heavy atom. The van der Waals surface area contributed by atoms with Crippen LogP contribution in [0.1, 0.15) is 44.1 Å². The highest BCUT2D eigenvalue weighted by molar-refractivity contribution is 5.78. The van der Waals surface area contributed by atoms with Crippen molar-refractivity contribution in [1.29, 1.82) is 0 Å². The van der Waals surface area contributed by atoms with E-state index in [2.05, 4.69) is 5.32 Å². The summed E-state index contributed by atoms with van der Waals surface area (Å²) in [6.45, 7) is 6.75. The molecule has 3 fully saturated rings. The van der Waals surface area contributed by atoms with Gasteiger partial charge in [0, 0.05) is 50.3 Å². The van der Waals surface area contributed by atoms with Crippen LogP contribution in [0.2, 0.25) is 0 Å². The fraction of sp³-hybridized carbons (Fsp3) is 0.696. The molecule has 1 unspecified atom stereocenters. The van der Waals surface area contributed by atoms with E-state index >= 15 is 0 Å². The summed E-state index contributed by atoms with van der Waals surface area (Å²) in [6.07, 6.45) is 6.80. The van der Waals surface area contributed by atoms with Crippen LogP contribution in [0.3, 0.4) is 0 Å². The van der Waals surface area contributed by atoms with Gasteiger partial charge in [-0.1, -0.05) is 18.2 Å². The van der Waals surface area contributed by atoms with Crippen molar-refractivity contribution in [3.05, 3.63) is 35.6 Å². The Labute approximate surface area is 173 Å². The van der Waals surface area contributed by atoms with E-state index < -0.39 is 0 Å². The Balaban J connectivity index is 1.16. The maximum Gasteiger partial charge on any atom is 0.223 e. The minimum absolute atomic E-state index is 0.0763. The molecule has 160 valence electrons. The molecule has 3 aliphatic heterocycles. The summed E-state index contributed by atoms with van der Waals surface area (Å²) >= 11 is 0. The Morgan fingerprint density at radius 3 is 2.52 bits per heavy atom. The summed E-state index contributed by atoms with van der Waals surface area (Å²) in [5.41, 5.74) is 0.836. The van der Waals surface area contributed by atoms with Crippen molar-refractivity contribution in [3.8, 4) is 0 Å². The Hall–Kier alpha value is -1.50. The maximum atomic E-state index is 13.9. The van der Waals surface area contributed by atoms with Crippen molar-refractivity contribution < 1.29 is 23.7 Å². The molecule has 1 amide bonds. The van der Waals surface area contributed by atoms with E-state index in [1.807, 2.05) is 12.1 Å². The predicted molar refractivity (Wildman–Crippen MR) is 109 cm³/mol. The lowest BCUT2D eigenvalue weighted by atomic mass is 9.92. The third-order valence-electron chi connectivity index (χ3n) is 7.19. The summed E-state index contributed by atoms with van der Waals surface area (Å²) in [5, 5.41) is 3.12. The van der Waals surface area contributed by atoms with E-state index in [0.29, 0.717) is 12.6 Å². The molecule has 3 heterocycles.